The van der Waals surface area contributed by atoms with Gasteiger partial charge in [0.1, 0.15) is 0 Å². The standard InChI is InChI=1S/C7H14O6S2/c1-7(6-13-15(3,10)11)4-5-12-14(2,8)9/h1,4-6H2,2-3H3. The molecule has 0 aromatic carbocycles. The predicted octanol–water partition coefficient (Wildman–Crippen LogP) is -0.115. The molecule has 0 saturated carbocycles. The largest absolute Gasteiger partial charge is 0.270 e. The van der Waals surface area contributed by atoms with Crippen LogP contribution in [0.4, 0.5) is 0 Å². The van der Waals surface area contributed by atoms with Crippen LogP contribution in [0.25, 0.3) is 0 Å². The van der Waals surface area contributed by atoms with Gasteiger partial charge in [-0.25, -0.2) is 0 Å². The van der Waals surface area contributed by atoms with Crippen LogP contribution in [0.2, 0.25) is 0 Å². The molecule has 0 heterocycles. The number of hydrogen-bond acceptors (Lipinski definition) is 6. The molecule has 6 nitrogen and oxygen atoms in total. The number of hydrogen-bond donors (Lipinski definition) is 0. The summed E-state index contributed by atoms with van der Waals surface area (Å²) in [5, 5.41) is 0. The van der Waals surface area contributed by atoms with Gasteiger partial charge in [0.15, 0.2) is 0 Å². The fourth-order valence-electron chi connectivity index (χ4n) is 0.600. The van der Waals surface area contributed by atoms with E-state index in [2.05, 4.69) is 14.9 Å². The van der Waals surface area contributed by atoms with Gasteiger partial charge >= 0.3 is 0 Å². The molecule has 0 unspecified atom stereocenters. The minimum atomic E-state index is -3.49. The summed E-state index contributed by atoms with van der Waals surface area (Å²) in [6.07, 6.45) is 2.08. The smallest absolute Gasteiger partial charge is 0.264 e. The minimum absolute atomic E-state index is 0.0647. The SMILES string of the molecule is C=C(CCOS(C)(=O)=O)COS(C)(=O)=O. The van der Waals surface area contributed by atoms with E-state index in [0.29, 0.717) is 5.57 Å². The average molecular weight is 258 g/mol. The molecule has 0 radical (unpaired) electrons. The third-order valence-corrected chi connectivity index (χ3v) is 2.37. The molecule has 15 heavy (non-hydrogen) atoms. The molecule has 0 spiro atoms. The second-order valence-electron chi connectivity index (χ2n) is 2.99. The average Bonchev–Trinajstić information content (AvgIpc) is 1.97. The van der Waals surface area contributed by atoms with E-state index in [1.54, 1.807) is 0 Å². The lowest BCUT2D eigenvalue weighted by Crippen LogP contribution is -2.09. The highest BCUT2D eigenvalue weighted by atomic mass is 32.2. The van der Waals surface area contributed by atoms with E-state index in [4.69, 9.17) is 0 Å². The summed E-state index contributed by atoms with van der Waals surface area (Å²) in [5.74, 6) is 0. The van der Waals surface area contributed by atoms with Gasteiger partial charge in [-0.2, -0.15) is 16.8 Å². The molecule has 0 amide bonds. The highest BCUT2D eigenvalue weighted by molar-refractivity contribution is 7.86. The Hall–Kier alpha value is -0.440. The quantitative estimate of drug-likeness (QED) is 0.467. The Morgan fingerprint density at radius 3 is 1.93 bits per heavy atom. The van der Waals surface area contributed by atoms with Crippen molar-refractivity contribution < 1.29 is 25.2 Å². The molecule has 0 rings (SSSR count). The lowest BCUT2D eigenvalue weighted by atomic mass is 10.2. The Morgan fingerprint density at radius 2 is 1.53 bits per heavy atom. The van der Waals surface area contributed by atoms with Crippen molar-refractivity contribution in [3.8, 4) is 0 Å². The molecule has 0 aromatic heterocycles. The van der Waals surface area contributed by atoms with E-state index >= 15 is 0 Å². The van der Waals surface area contributed by atoms with Gasteiger partial charge in [-0.05, 0) is 12.0 Å². The zero-order valence-corrected chi connectivity index (χ0v) is 10.2. The van der Waals surface area contributed by atoms with Crippen molar-refractivity contribution in [1.29, 1.82) is 0 Å². The molecule has 90 valence electrons. The maximum absolute atomic E-state index is 10.6. The summed E-state index contributed by atoms with van der Waals surface area (Å²) in [5.41, 5.74) is 0.448. The van der Waals surface area contributed by atoms with E-state index in [9.17, 15) is 16.8 Å². The van der Waals surface area contributed by atoms with Gasteiger partial charge in [-0.3, -0.25) is 8.37 Å². The van der Waals surface area contributed by atoms with Gasteiger partial charge < -0.3 is 0 Å². The molecule has 0 aromatic rings. The molecule has 0 aliphatic rings. The third kappa shape index (κ3) is 11.5. The predicted molar refractivity (Wildman–Crippen MR) is 55.3 cm³/mol. The maximum Gasteiger partial charge on any atom is 0.264 e. The van der Waals surface area contributed by atoms with Crippen LogP contribution in [-0.2, 0) is 28.6 Å². The third-order valence-electron chi connectivity index (χ3n) is 1.23. The van der Waals surface area contributed by atoms with Crippen LogP contribution < -0.4 is 0 Å². The highest BCUT2D eigenvalue weighted by Crippen LogP contribution is 2.02. The van der Waals surface area contributed by atoms with Crippen LogP contribution in [0.15, 0.2) is 12.2 Å². The minimum Gasteiger partial charge on any atom is -0.270 e. The van der Waals surface area contributed by atoms with E-state index in [-0.39, 0.29) is 19.6 Å². The second kappa shape index (κ2) is 5.59. The van der Waals surface area contributed by atoms with E-state index in [0.717, 1.165) is 12.5 Å². The summed E-state index contributed by atoms with van der Waals surface area (Å²) < 4.78 is 51.1. The van der Waals surface area contributed by atoms with Crippen molar-refractivity contribution in [3.05, 3.63) is 12.2 Å². The second-order valence-corrected chi connectivity index (χ2v) is 6.28. The highest BCUT2D eigenvalue weighted by Gasteiger charge is 2.05. The van der Waals surface area contributed by atoms with Crippen LogP contribution in [0.1, 0.15) is 6.42 Å². The molecule has 0 fully saturated rings. The molecule has 0 N–H and O–H groups in total. The first-order valence-corrected chi connectivity index (χ1v) is 7.59. The fraction of sp³-hybridized carbons (Fsp3) is 0.714. The lowest BCUT2D eigenvalue weighted by molar-refractivity contribution is 0.307. The van der Waals surface area contributed by atoms with E-state index in [1.165, 1.54) is 0 Å². The first-order valence-electron chi connectivity index (χ1n) is 3.95. The van der Waals surface area contributed by atoms with Crippen LogP contribution in [0.5, 0.6) is 0 Å². The van der Waals surface area contributed by atoms with Crippen molar-refractivity contribution in [2.45, 2.75) is 6.42 Å². The molecular formula is C7H14O6S2. The Balaban J connectivity index is 3.78. The van der Waals surface area contributed by atoms with Crippen LogP contribution in [-0.4, -0.2) is 42.6 Å². The lowest BCUT2D eigenvalue weighted by Gasteiger charge is -2.05. The van der Waals surface area contributed by atoms with Crippen LogP contribution >= 0.6 is 0 Å². The molecule has 0 aliphatic carbocycles. The van der Waals surface area contributed by atoms with Gasteiger partial charge in [0.05, 0.1) is 25.7 Å². The summed E-state index contributed by atoms with van der Waals surface area (Å²) >= 11 is 0. The summed E-state index contributed by atoms with van der Waals surface area (Å²) in [7, 11) is -6.96. The van der Waals surface area contributed by atoms with Gasteiger partial charge in [0.25, 0.3) is 20.2 Å². The Kier molecular flexibility index (Phi) is 5.43. The van der Waals surface area contributed by atoms with E-state index in [1.807, 2.05) is 0 Å². The Labute approximate surface area is 90.1 Å². The summed E-state index contributed by atoms with van der Waals surface area (Å²) in [6, 6.07) is 0. The fourth-order valence-corrected chi connectivity index (χ4v) is 1.37. The van der Waals surface area contributed by atoms with Gasteiger partial charge in [-0.15, -0.1) is 0 Å². The van der Waals surface area contributed by atoms with Gasteiger partial charge in [0.2, 0.25) is 0 Å². The van der Waals surface area contributed by atoms with Gasteiger partial charge in [0, 0.05) is 0 Å². The monoisotopic (exact) mass is 258 g/mol. The van der Waals surface area contributed by atoms with Crippen molar-refractivity contribution in [1.82, 2.24) is 0 Å². The number of rotatable bonds is 7. The zero-order chi connectivity index (χ0) is 12.1. The topological polar surface area (TPSA) is 86.7 Å². The van der Waals surface area contributed by atoms with Crippen LogP contribution in [0, 0.1) is 0 Å². The van der Waals surface area contributed by atoms with Crippen molar-refractivity contribution in [2.75, 3.05) is 25.7 Å². The summed E-state index contributed by atoms with van der Waals surface area (Å²) in [4.78, 5) is 0. The first kappa shape index (κ1) is 14.6. The molecule has 8 heteroatoms. The molecule has 0 atom stereocenters. The van der Waals surface area contributed by atoms with Crippen molar-refractivity contribution >= 4 is 20.2 Å². The summed E-state index contributed by atoms with van der Waals surface area (Å²) in [6.45, 7) is 3.29. The van der Waals surface area contributed by atoms with E-state index < -0.39 is 20.2 Å². The Morgan fingerprint density at radius 1 is 1.07 bits per heavy atom. The normalized spacial score (nSPS) is 12.7. The maximum atomic E-state index is 10.6. The molecule has 0 aliphatic heterocycles. The molecular weight excluding hydrogens is 244 g/mol. The first-order chi connectivity index (χ1) is 6.60. The van der Waals surface area contributed by atoms with Crippen molar-refractivity contribution in [2.24, 2.45) is 0 Å². The van der Waals surface area contributed by atoms with Gasteiger partial charge in [-0.1, -0.05) is 6.58 Å². The zero-order valence-electron chi connectivity index (χ0n) is 8.59. The van der Waals surface area contributed by atoms with Crippen LogP contribution in [0.3, 0.4) is 0 Å². The van der Waals surface area contributed by atoms with Crippen molar-refractivity contribution in [3.63, 3.8) is 0 Å². The Bertz CT molecular complexity index is 405. The molecule has 0 saturated heterocycles. The molecule has 0 bridgehead atoms.